The Bertz CT molecular complexity index is 509. The number of hydrogen-bond acceptors (Lipinski definition) is 3. The van der Waals surface area contributed by atoms with Crippen LogP contribution in [0.1, 0.15) is 24.5 Å². The van der Waals surface area contributed by atoms with E-state index in [0.717, 1.165) is 16.0 Å². The summed E-state index contributed by atoms with van der Waals surface area (Å²) in [6.45, 7) is 3.21. The molecule has 0 saturated heterocycles. The maximum atomic E-state index is 11.6. The molecule has 108 valence electrons. The van der Waals surface area contributed by atoms with E-state index in [1.54, 1.807) is 12.1 Å². The zero-order chi connectivity index (χ0) is 15.3. The molecule has 1 aromatic rings. The van der Waals surface area contributed by atoms with Gasteiger partial charge in [0.05, 0.1) is 6.42 Å². The van der Waals surface area contributed by atoms with Gasteiger partial charge in [-0.05, 0) is 12.5 Å². The van der Waals surface area contributed by atoms with Gasteiger partial charge in [-0.15, -0.1) is 0 Å². The lowest BCUT2D eigenvalue weighted by Gasteiger charge is -2.27. The molecule has 0 spiro atoms. The van der Waals surface area contributed by atoms with Crippen molar-refractivity contribution < 1.29 is 24.6 Å². The first-order chi connectivity index (χ1) is 9.31. The maximum absolute atomic E-state index is 11.6. The molecule has 1 aromatic carbocycles. The smallest absolute Gasteiger partial charge is 0.327 e. The summed E-state index contributed by atoms with van der Waals surface area (Å²) in [4.78, 5) is 34.6. The molecule has 0 saturated carbocycles. The molecule has 1 rings (SSSR count). The monoisotopic (exact) mass is 279 g/mol. The minimum atomic E-state index is -1.37. The maximum Gasteiger partial charge on any atom is 0.327 e. The van der Waals surface area contributed by atoms with Crippen molar-refractivity contribution in [2.45, 2.75) is 32.9 Å². The van der Waals surface area contributed by atoms with E-state index in [1.165, 1.54) is 6.92 Å². The van der Waals surface area contributed by atoms with Crippen LogP contribution in [0, 0.1) is 6.92 Å². The fraction of sp³-hybridized carbons (Fsp3) is 0.357. The Morgan fingerprint density at radius 3 is 2.10 bits per heavy atom. The molecule has 0 aromatic heterocycles. The molecule has 6 heteroatoms. The Kier molecular flexibility index (Phi) is 5.25. The van der Waals surface area contributed by atoms with Gasteiger partial charge in [-0.25, -0.2) is 4.79 Å². The van der Waals surface area contributed by atoms with Crippen molar-refractivity contribution in [3.63, 3.8) is 0 Å². The summed E-state index contributed by atoms with van der Waals surface area (Å²) < 4.78 is 0. The van der Waals surface area contributed by atoms with Gasteiger partial charge in [-0.1, -0.05) is 29.8 Å². The number of hydrogen-bond donors (Lipinski definition) is 2. The van der Waals surface area contributed by atoms with Crippen LogP contribution in [0.2, 0.25) is 0 Å². The first kappa shape index (κ1) is 15.7. The van der Waals surface area contributed by atoms with E-state index in [4.69, 9.17) is 10.2 Å². The van der Waals surface area contributed by atoms with E-state index >= 15 is 0 Å². The number of amides is 1. The predicted octanol–water partition coefficient (Wildman–Crippen LogP) is 1.27. The standard InChI is InChI=1S/C14H17NO5/c1-9-3-5-11(6-4-9)8-15(10(2)16)12(14(19)20)7-13(17)18/h3-6,12H,7-8H2,1-2H3,(H,17,18)(H,19,20)/t12-/m0/s1. The summed E-state index contributed by atoms with van der Waals surface area (Å²) in [5.74, 6) is -3.05. The second kappa shape index (κ2) is 6.70. The molecule has 2 N–H and O–H groups in total. The first-order valence-corrected chi connectivity index (χ1v) is 6.08. The zero-order valence-corrected chi connectivity index (χ0v) is 11.4. The number of benzene rings is 1. The topological polar surface area (TPSA) is 94.9 Å². The summed E-state index contributed by atoms with van der Waals surface area (Å²) >= 11 is 0. The average Bonchev–Trinajstić information content (AvgIpc) is 2.35. The lowest BCUT2D eigenvalue weighted by molar-refractivity contribution is -0.154. The molecule has 0 aliphatic heterocycles. The van der Waals surface area contributed by atoms with Gasteiger partial charge in [0.25, 0.3) is 0 Å². The van der Waals surface area contributed by atoms with Crippen molar-refractivity contribution in [1.82, 2.24) is 4.90 Å². The number of carboxylic acid groups (broad SMARTS) is 2. The Balaban J connectivity index is 2.96. The summed E-state index contributed by atoms with van der Waals surface area (Å²) in [6.07, 6.45) is -0.624. The minimum Gasteiger partial charge on any atom is -0.481 e. The Morgan fingerprint density at radius 2 is 1.70 bits per heavy atom. The Morgan fingerprint density at radius 1 is 1.15 bits per heavy atom. The highest BCUT2D eigenvalue weighted by atomic mass is 16.4. The Hall–Kier alpha value is -2.37. The van der Waals surface area contributed by atoms with Crippen molar-refractivity contribution in [3.05, 3.63) is 35.4 Å². The number of carboxylic acids is 2. The summed E-state index contributed by atoms with van der Waals surface area (Å²) in [7, 11) is 0. The van der Waals surface area contributed by atoms with Crippen LogP contribution >= 0.6 is 0 Å². The summed E-state index contributed by atoms with van der Waals surface area (Å²) in [5.41, 5.74) is 1.80. The predicted molar refractivity (Wildman–Crippen MR) is 71.1 cm³/mol. The normalized spacial score (nSPS) is 11.7. The summed E-state index contributed by atoms with van der Waals surface area (Å²) in [5, 5.41) is 17.9. The fourth-order valence-electron chi connectivity index (χ4n) is 1.83. The molecular formula is C14H17NO5. The van der Waals surface area contributed by atoms with Gasteiger partial charge in [-0.2, -0.15) is 0 Å². The van der Waals surface area contributed by atoms with Gasteiger partial charge < -0.3 is 15.1 Å². The fourth-order valence-corrected chi connectivity index (χ4v) is 1.83. The quantitative estimate of drug-likeness (QED) is 0.817. The van der Waals surface area contributed by atoms with Crippen LogP contribution < -0.4 is 0 Å². The number of rotatable bonds is 6. The van der Waals surface area contributed by atoms with E-state index in [9.17, 15) is 14.4 Å². The van der Waals surface area contributed by atoms with Gasteiger partial charge in [0.15, 0.2) is 0 Å². The van der Waals surface area contributed by atoms with E-state index < -0.39 is 30.3 Å². The molecule has 1 amide bonds. The van der Waals surface area contributed by atoms with Crippen molar-refractivity contribution in [2.24, 2.45) is 0 Å². The van der Waals surface area contributed by atoms with E-state index in [1.807, 2.05) is 19.1 Å². The van der Waals surface area contributed by atoms with Crippen LogP contribution in [0.5, 0.6) is 0 Å². The molecule has 0 aliphatic rings. The molecule has 0 heterocycles. The Labute approximate surface area is 116 Å². The molecule has 0 radical (unpaired) electrons. The van der Waals surface area contributed by atoms with E-state index in [0.29, 0.717) is 0 Å². The largest absolute Gasteiger partial charge is 0.481 e. The van der Waals surface area contributed by atoms with Gasteiger partial charge in [-0.3, -0.25) is 9.59 Å². The number of aliphatic carboxylic acids is 2. The van der Waals surface area contributed by atoms with E-state index in [2.05, 4.69) is 0 Å². The second-order valence-corrected chi connectivity index (χ2v) is 4.58. The van der Waals surface area contributed by atoms with Gasteiger partial charge in [0, 0.05) is 13.5 Å². The highest BCUT2D eigenvalue weighted by molar-refractivity contribution is 5.86. The van der Waals surface area contributed by atoms with Crippen LogP contribution in [0.15, 0.2) is 24.3 Å². The second-order valence-electron chi connectivity index (χ2n) is 4.58. The highest BCUT2D eigenvalue weighted by Crippen LogP contribution is 2.13. The van der Waals surface area contributed by atoms with Gasteiger partial charge in [0.2, 0.25) is 5.91 Å². The molecule has 0 bridgehead atoms. The molecular weight excluding hydrogens is 262 g/mol. The van der Waals surface area contributed by atoms with Crippen molar-refractivity contribution in [3.8, 4) is 0 Å². The number of nitrogens with zero attached hydrogens (tertiary/aromatic N) is 1. The van der Waals surface area contributed by atoms with E-state index in [-0.39, 0.29) is 6.54 Å². The number of aryl methyl sites for hydroxylation is 1. The third-order valence-corrected chi connectivity index (χ3v) is 2.91. The van der Waals surface area contributed by atoms with Crippen molar-refractivity contribution in [2.75, 3.05) is 0 Å². The molecule has 0 fully saturated rings. The molecule has 0 unspecified atom stereocenters. The highest BCUT2D eigenvalue weighted by Gasteiger charge is 2.30. The number of carbonyl (C=O) groups excluding carboxylic acids is 1. The van der Waals surface area contributed by atoms with Crippen LogP contribution in [-0.2, 0) is 20.9 Å². The lowest BCUT2D eigenvalue weighted by Crippen LogP contribution is -2.44. The molecule has 0 aliphatic carbocycles. The molecule has 20 heavy (non-hydrogen) atoms. The minimum absolute atomic E-state index is 0.0693. The van der Waals surface area contributed by atoms with Crippen molar-refractivity contribution in [1.29, 1.82) is 0 Å². The van der Waals surface area contributed by atoms with Crippen molar-refractivity contribution >= 4 is 17.8 Å². The zero-order valence-electron chi connectivity index (χ0n) is 11.4. The third-order valence-electron chi connectivity index (χ3n) is 2.91. The molecule has 6 nitrogen and oxygen atoms in total. The third kappa shape index (κ3) is 4.38. The van der Waals surface area contributed by atoms with Crippen LogP contribution in [0.4, 0.5) is 0 Å². The van der Waals surface area contributed by atoms with Gasteiger partial charge in [0.1, 0.15) is 6.04 Å². The van der Waals surface area contributed by atoms with Gasteiger partial charge >= 0.3 is 11.9 Å². The SMILES string of the molecule is CC(=O)N(Cc1ccc(C)cc1)[C@@H](CC(=O)O)C(=O)O. The molecule has 1 atom stereocenters. The lowest BCUT2D eigenvalue weighted by atomic mass is 10.1. The van der Waals surface area contributed by atoms with Crippen LogP contribution in [-0.4, -0.2) is 39.0 Å². The summed E-state index contributed by atoms with van der Waals surface area (Å²) in [6, 6.07) is 5.89. The number of carbonyl (C=O) groups is 3. The van der Waals surface area contributed by atoms with Crippen LogP contribution in [0.25, 0.3) is 0 Å². The van der Waals surface area contributed by atoms with Crippen LogP contribution in [0.3, 0.4) is 0 Å². The first-order valence-electron chi connectivity index (χ1n) is 6.08. The average molecular weight is 279 g/mol.